The van der Waals surface area contributed by atoms with Gasteiger partial charge in [0.15, 0.2) is 0 Å². The highest BCUT2D eigenvalue weighted by molar-refractivity contribution is 5.69. The fraction of sp³-hybridized carbons (Fsp3) is 0.923. The molecule has 2 rings (SSSR count). The molecule has 2 atom stereocenters. The first kappa shape index (κ1) is 12.8. The third kappa shape index (κ3) is 2.63. The van der Waals surface area contributed by atoms with Gasteiger partial charge in [-0.2, -0.15) is 0 Å². The van der Waals surface area contributed by atoms with Crippen LogP contribution < -0.4 is 0 Å². The number of carboxylic acids is 1. The Bertz CT molecular complexity index is 288. The van der Waals surface area contributed by atoms with Gasteiger partial charge in [-0.15, -0.1) is 0 Å². The van der Waals surface area contributed by atoms with E-state index in [9.17, 15) is 4.79 Å². The molecule has 4 nitrogen and oxygen atoms in total. The Balaban J connectivity index is 2.00. The lowest BCUT2D eigenvalue weighted by atomic mass is 9.66. The van der Waals surface area contributed by atoms with Crippen molar-refractivity contribution in [3.05, 3.63) is 0 Å². The van der Waals surface area contributed by atoms with E-state index >= 15 is 0 Å². The van der Waals surface area contributed by atoms with Crippen LogP contribution in [0, 0.1) is 17.3 Å². The summed E-state index contributed by atoms with van der Waals surface area (Å²) in [6.45, 7) is 5.58. The Morgan fingerprint density at radius 1 is 1.59 bits per heavy atom. The van der Waals surface area contributed by atoms with E-state index in [1.807, 2.05) is 6.92 Å². The predicted octanol–water partition coefficient (Wildman–Crippen LogP) is 1.46. The van der Waals surface area contributed by atoms with Gasteiger partial charge in [-0.3, -0.25) is 4.79 Å². The second-order valence-corrected chi connectivity index (χ2v) is 5.90. The molecule has 2 fully saturated rings. The Labute approximate surface area is 103 Å². The Hall–Kier alpha value is -0.610. The van der Waals surface area contributed by atoms with Crippen molar-refractivity contribution < 1.29 is 14.6 Å². The average Bonchev–Trinajstić information content (AvgIpc) is 2.22. The minimum absolute atomic E-state index is 0.131. The summed E-state index contributed by atoms with van der Waals surface area (Å²) < 4.78 is 5.40. The average molecular weight is 241 g/mol. The van der Waals surface area contributed by atoms with Crippen LogP contribution in [-0.4, -0.2) is 49.3 Å². The molecule has 17 heavy (non-hydrogen) atoms. The van der Waals surface area contributed by atoms with E-state index < -0.39 is 5.97 Å². The molecule has 2 aliphatic heterocycles. The highest BCUT2D eigenvalue weighted by atomic mass is 16.5. The topological polar surface area (TPSA) is 49.8 Å². The van der Waals surface area contributed by atoms with Crippen LogP contribution in [0.2, 0.25) is 0 Å². The molecule has 0 aromatic heterocycles. The van der Waals surface area contributed by atoms with Crippen molar-refractivity contribution in [1.82, 2.24) is 4.90 Å². The molecule has 0 spiro atoms. The summed E-state index contributed by atoms with van der Waals surface area (Å²) in [4.78, 5) is 13.4. The summed E-state index contributed by atoms with van der Waals surface area (Å²) in [5.41, 5.74) is 0.131. The van der Waals surface area contributed by atoms with Crippen molar-refractivity contribution in [2.75, 3.05) is 33.4 Å². The number of carbonyl (C=O) groups is 1. The van der Waals surface area contributed by atoms with Crippen LogP contribution >= 0.6 is 0 Å². The van der Waals surface area contributed by atoms with Gasteiger partial charge in [0.25, 0.3) is 0 Å². The van der Waals surface area contributed by atoms with Crippen molar-refractivity contribution in [2.24, 2.45) is 17.3 Å². The van der Waals surface area contributed by atoms with Gasteiger partial charge in [-0.1, -0.05) is 6.92 Å². The lowest BCUT2D eigenvalue weighted by Gasteiger charge is -2.51. The van der Waals surface area contributed by atoms with E-state index in [1.54, 1.807) is 0 Å². The summed E-state index contributed by atoms with van der Waals surface area (Å²) in [6, 6.07) is 0. The van der Waals surface area contributed by atoms with E-state index in [1.165, 1.54) is 19.4 Å². The van der Waals surface area contributed by atoms with Crippen molar-refractivity contribution in [3.63, 3.8) is 0 Å². The molecule has 2 unspecified atom stereocenters. The van der Waals surface area contributed by atoms with Crippen LogP contribution in [-0.2, 0) is 9.53 Å². The number of aliphatic carboxylic acids is 1. The molecule has 2 saturated heterocycles. The van der Waals surface area contributed by atoms with E-state index in [0.717, 1.165) is 26.2 Å². The molecule has 0 aliphatic carbocycles. The summed E-state index contributed by atoms with van der Waals surface area (Å²) >= 11 is 0. The molecule has 4 heteroatoms. The second-order valence-electron chi connectivity index (χ2n) is 5.90. The molecule has 0 radical (unpaired) electrons. The largest absolute Gasteiger partial charge is 0.481 e. The number of rotatable bonds is 4. The maximum Gasteiger partial charge on any atom is 0.306 e. The van der Waals surface area contributed by atoms with Crippen LogP contribution in [0.5, 0.6) is 0 Å². The van der Waals surface area contributed by atoms with Crippen molar-refractivity contribution in [1.29, 1.82) is 0 Å². The normalized spacial score (nSPS) is 30.6. The standard InChI is InChI=1S/C13H23NO3/c1-10(12(15)16)6-13(8-17-9-13)11-4-3-5-14(2)7-11/h10-11H,3-9H2,1-2H3,(H,15,16). The van der Waals surface area contributed by atoms with E-state index in [4.69, 9.17) is 9.84 Å². The van der Waals surface area contributed by atoms with Gasteiger partial charge < -0.3 is 14.7 Å². The maximum atomic E-state index is 11.0. The highest BCUT2D eigenvalue weighted by Gasteiger charge is 2.47. The molecular weight excluding hydrogens is 218 g/mol. The monoisotopic (exact) mass is 241 g/mol. The third-order valence-corrected chi connectivity index (χ3v) is 4.40. The summed E-state index contributed by atoms with van der Waals surface area (Å²) in [6.07, 6.45) is 3.21. The van der Waals surface area contributed by atoms with Gasteiger partial charge in [0, 0.05) is 12.0 Å². The zero-order valence-corrected chi connectivity index (χ0v) is 10.8. The number of piperidine rings is 1. The van der Waals surface area contributed by atoms with E-state index in [-0.39, 0.29) is 11.3 Å². The van der Waals surface area contributed by atoms with Gasteiger partial charge in [-0.25, -0.2) is 0 Å². The Kier molecular flexibility index (Phi) is 3.73. The van der Waals surface area contributed by atoms with E-state index in [2.05, 4.69) is 11.9 Å². The smallest absolute Gasteiger partial charge is 0.306 e. The lowest BCUT2D eigenvalue weighted by Crippen LogP contribution is -2.54. The number of likely N-dealkylation sites (tertiary alicyclic amines) is 1. The summed E-state index contributed by atoms with van der Waals surface area (Å²) in [5, 5.41) is 9.06. The van der Waals surface area contributed by atoms with Gasteiger partial charge >= 0.3 is 5.97 Å². The van der Waals surface area contributed by atoms with E-state index in [0.29, 0.717) is 5.92 Å². The second kappa shape index (κ2) is 4.94. The summed E-state index contributed by atoms with van der Waals surface area (Å²) in [7, 11) is 2.15. The lowest BCUT2D eigenvalue weighted by molar-refractivity contribution is -0.172. The highest BCUT2D eigenvalue weighted by Crippen LogP contribution is 2.45. The van der Waals surface area contributed by atoms with Crippen molar-refractivity contribution in [2.45, 2.75) is 26.2 Å². The zero-order chi connectivity index (χ0) is 12.5. The third-order valence-electron chi connectivity index (χ3n) is 4.40. The first-order valence-electron chi connectivity index (χ1n) is 6.52. The fourth-order valence-electron chi connectivity index (χ4n) is 3.25. The van der Waals surface area contributed by atoms with Crippen molar-refractivity contribution in [3.8, 4) is 0 Å². The first-order chi connectivity index (χ1) is 8.03. The molecule has 0 aromatic carbocycles. The van der Waals surface area contributed by atoms with Crippen LogP contribution in [0.3, 0.4) is 0 Å². The maximum absolute atomic E-state index is 11.0. The van der Waals surface area contributed by atoms with Gasteiger partial charge in [-0.05, 0) is 38.8 Å². The number of ether oxygens (including phenoxy) is 1. The van der Waals surface area contributed by atoms with Gasteiger partial charge in [0.2, 0.25) is 0 Å². The number of nitrogens with zero attached hydrogens (tertiary/aromatic N) is 1. The Morgan fingerprint density at radius 2 is 2.29 bits per heavy atom. The molecule has 98 valence electrons. The Morgan fingerprint density at radius 3 is 2.76 bits per heavy atom. The first-order valence-corrected chi connectivity index (χ1v) is 6.52. The SMILES string of the molecule is CC(CC1(C2CCCN(C)C2)COC1)C(=O)O. The molecule has 2 heterocycles. The number of carboxylic acid groups (broad SMARTS) is 1. The summed E-state index contributed by atoms with van der Waals surface area (Å²) in [5.74, 6) is -0.330. The van der Waals surface area contributed by atoms with Crippen LogP contribution in [0.1, 0.15) is 26.2 Å². The minimum Gasteiger partial charge on any atom is -0.481 e. The van der Waals surface area contributed by atoms with Crippen LogP contribution in [0.4, 0.5) is 0 Å². The molecule has 0 aromatic rings. The molecule has 0 saturated carbocycles. The quantitative estimate of drug-likeness (QED) is 0.809. The molecule has 2 aliphatic rings. The molecule has 1 N–H and O–H groups in total. The van der Waals surface area contributed by atoms with Gasteiger partial charge in [0.05, 0.1) is 19.1 Å². The van der Waals surface area contributed by atoms with Crippen molar-refractivity contribution >= 4 is 5.97 Å². The van der Waals surface area contributed by atoms with Crippen LogP contribution in [0.25, 0.3) is 0 Å². The van der Waals surface area contributed by atoms with Crippen LogP contribution in [0.15, 0.2) is 0 Å². The predicted molar refractivity (Wildman–Crippen MR) is 64.9 cm³/mol. The number of hydrogen-bond acceptors (Lipinski definition) is 3. The fourth-order valence-corrected chi connectivity index (χ4v) is 3.25. The molecular formula is C13H23NO3. The van der Waals surface area contributed by atoms with Gasteiger partial charge in [0.1, 0.15) is 0 Å². The minimum atomic E-state index is -0.680. The molecule has 0 amide bonds. The zero-order valence-electron chi connectivity index (χ0n) is 10.8. The molecule has 0 bridgehead atoms. The number of hydrogen-bond donors (Lipinski definition) is 1.